The zero-order valence-corrected chi connectivity index (χ0v) is 22.8. The molecule has 1 heterocycles. The second-order valence-corrected chi connectivity index (χ2v) is 10.4. The van der Waals surface area contributed by atoms with Crippen LogP contribution in [-0.4, -0.2) is 52.6 Å². The van der Waals surface area contributed by atoms with Gasteiger partial charge in [0.2, 0.25) is 11.8 Å². The summed E-state index contributed by atoms with van der Waals surface area (Å²) in [5.41, 5.74) is 1.87. The van der Waals surface area contributed by atoms with Gasteiger partial charge in [0.05, 0.1) is 11.1 Å². The van der Waals surface area contributed by atoms with Crippen molar-refractivity contribution in [2.24, 2.45) is 5.92 Å². The van der Waals surface area contributed by atoms with Crippen molar-refractivity contribution in [1.82, 2.24) is 15.1 Å². The summed E-state index contributed by atoms with van der Waals surface area (Å²) in [7, 11) is 0. The lowest BCUT2D eigenvalue weighted by Crippen LogP contribution is -2.51. The minimum Gasteiger partial charge on any atom is -0.354 e. The number of hydrogen-bond acceptors (Lipinski definition) is 4. The van der Waals surface area contributed by atoms with Gasteiger partial charge in [-0.3, -0.25) is 24.1 Å². The SMILES string of the molecule is CC(C)CNC(=O)C(Cc1ccccc1)N(Cc1ccccc1F)C(=O)CCCN1C(=O)c2ccccc2C1=O. The number of fused-ring (bicyclic) bond motifs is 1. The number of imide groups is 1. The van der Waals surface area contributed by atoms with Crippen LogP contribution in [0.25, 0.3) is 0 Å². The lowest BCUT2D eigenvalue weighted by molar-refractivity contribution is -0.141. The fourth-order valence-electron chi connectivity index (χ4n) is 4.76. The van der Waals surface area contributed by atoms with Gasteiger partial charge in [-0.05, 0) is 36.1 Å². The number of nitrogens with one attached hydrogen (secondary N) is 1. The van der Waals surface area contributed by atoms with Crippen LogP contribution in [0.15, 0.2) is 78.9 Å². The van der Waals surface area contributed by atoms with E-state index in [1.807, 2.05) is 44.2 Å². The smallest absolute Gasteiger partial charge is 0.261 e. The predicted molar refractivity (Wildman–Crippen MR) is 150 cm³/mol. The molecule has 1 unspecified atom stereocenters. The first kappa shape index (κ1) is 28.7. The largest absolute Gasteiger partial charge is 0.354 e. The van der Waals surface area contributed by atoms with E-state index in [1.54, 1.807) is 42.5 Å². The highest BCUT2D eigenvalue weighted by Gasteiger charge is 2.35. The maximum absolute atomic E-state index is 14.7. The Labute approximate surface area is 234 Å². The molecule has 1 aliphatic heterocycles. The molecule has 0 radical (unpaired) electrons. The van der Waals surface area contributed by atoms with E-state index in [-0.39, 0.29) is 61.9 Å². The Balaban J connectivity index is 1.55. The van der Waals surface area contributed by atoms with E-state index in [4.69, 9.17) is 0 Å². The lowest BCUT2D eigenvalue weighted by Gasteiger charge is -2.32. The standard InChI is InChI=1S/C32H34FN3O4/c1-22(2)20-34-30(38)28(19-23-11-4-3-5-12-23)36(21-24-13-6-9-16-27(24)33)29(37)17-10-18-35-31(39)25-14-7-8-15-26(25)32(35)40/h3-9,11-16,22,28H,10,17-21H2,1-2H3,(H,34,38). The minimum atomic E-state index is -0.882. The van der Waals surface area contributed by atoms with Gasteiger partial charge < -0.3 is 10.2 Å². The van der Waals surface area contributed by atoms with Crippen molar-refractivity contribution in [3.8, 4) is 0 Å². The highest BCUT2D eigenvalue weighted by atomic mass is 19.1. The average molecular weight is 544 g/mol. The zero-order valence-electron chi connectivity index (χ0n) is 22.8. The van der Waals surface area contributed by atoms with Crippen molar-refractivity contribution in [3.63, 3.8) is 0 Å². The quantitative estimate of drug-likeness (QED) is 0.338. The molecule has 0 aliphatic carbocycles. The summed E-state index contributed by atoms with van der Waals surface area (Å²) in [5.74, 6) is -1.70. The number of benzene rings is 3. The Morgan fingerprint density at radius 3 is 2.10 bits per heavy atom. The number of hydrogen-bond donors (Lipinski definition) is 1. The summed E-state index contributed by atoms with van der Waals surface area (Å²) in [5, 5.41) is 2.94. The van der Waals surface area contributed by atoms with Crippen LogP contribution in [0, 0.1) is 11.7 Å². The summed E-state index contributed by atoms with van der Waals surface area (Å²) in [6, 6.07) is 21.3. The topological polar surface area (TPSA) is 86.8 Å². The van der Waals surface area contributed by atoms with Gasteiger partial charge in [-0.2, -0.15) is 0 Å². The first-order valence-corrected chi connectivity index (χ1v) is 13.6. The number of rotatable bonds is 12. The molecule has 1 aliphatic rings. The second-order valence-electron chi connectivity index (χ2n) is 10.4. The molecule has 4 amide bonds. The molecular formula is C32H34FN3O4. The molecule has 0 bridgehead atoms. The van der Waals surface area contributed by atoms with Crippen LogP contribution >= 0.6 is 0 Å². The van der Waals surface area contributed by atoms with Crippen LogP contribution < -0.4 is 5.32 Å². The molecule has 40 heavy (non-hydrogen) atoms. The van der Waals surface area contributed by atoms with E-state index in [0.29, 0.717) is 23.2 Å². The first-order valence-electron chi connectivity index (χ1n) is 13.6. The predicted octanol–water partition coefficient (Wildman–Crippen LogP) is 4.61. The minimum absolute atomic E-state index is 0.0232. The summed E-state index contributed by atoms with van der Waals surface area (Å²) < 4.78 is 14.7. The van der Waals surface area contributed by atoms with Gasteiger partial charge in [0.15, 0.2) is 0 Å². The first-order chi connectivity index (χ1) is 19.3. The molecule has 0 fully saturated rings. The van der Waals surface area contributed by atoms with Crippen LogP contribution in [-0.2, 0) is 22.6 Å². The fourth-order valence-corrected chi connectivity index (χ4v) is 4.76. The Bertz CT molecular complexity index is 1340. The number of carbonyl (C=O) groups is 4. The Morgan fingerprint density at radius 1 is 0.875 bits per heavy atom. The monoisotopic (exact) mass is 543 g/mol. The summed E-state index contributed by atoms with van der Waals surface area (Å²) in [6.45, 7) is 4.37. The van der Waals surface area contributed by atoms with Crippen molar-refractivity contribution in [3.05, 3.63) is 107 Å². The molecule has 1 N–H and O–H groups in total. The molecule has 0 spiro atoms. The van der Waals surface area contributed by atoms with Crippen molar-refractivity contribution < 1.29 is 23.6 Å². The van der Waals surface area contributed by atoms with Gasteiger partial charge in [0.1, 0.15) is 11.9 Å². The fraction of sp³-hybridized carbons (Fsp3) is 0.312. The van der Waals surface area contributed by atoms with E-state index in [2.05, 4.69) is 5.32 Å². The van der Waals surface area contributed by atoms with Gasteiger partial charge >= 0.3 is 0 Å². The molecule has 3 aromatic carbocycles. The molecule has 8 heteroatoms. The summed E-state index contributed by atoms with van der Waals surface area (Å²) in [6.07, 6.45) is 0.442. The van der Waals surface area contributed by atoms with Gasteiger partial charge in [0.25, 0.3) is 11.8 Å². The van der Waals surface area contributed by atoms with Crippen LogP contribution in [0.3, 0.4) is 0 Å². The van der Waals surface area contributed by atoms with Crippen LogP contribution in [0.2, 0.25) is 0 Å². The van der Waals surface area contributed by atoms with E-state index < -0.39 is 11.9 Å². The maximum Gasteiger partial charge on any atom is 0.261 e. The summed E-state index contributed by atoms with van der Waals surface area (Å²) in [4.78, 5) is 55.2. The second kappa shape index (κ2) is 13.2. The van der Waals surface area contributed by atoms with Crippen molar-refractivity contribution in [1.29, 1.82) is 0 Å². The zero-order chi connectivity index (χ0) is 28.6. The van der Waals surface area contributed by atoms with Crippen LogP contribution in [0.5, 0.6) is 0 Å². The molecule has 3 aromatic rings. The van der Waals surface area contributed by atoms with Gasteiger partial charge in [-0.25, -0.2) is 4.39 Å². The Hall–Kier alpha value is -4.33. The van der Waals surface area contributed by atoms with E-state index >= 15 is 0 Å². The van der Waals surface area contributed by atoms with E-state index in [0.717, 1.165) is 10.5 Å². The van der Waals surface area contributed by atoms with Gasteiger partial charge in [0, 0.05) is 38.0 Å². The number of nitrogens with zero attached hydrogens (tertiary/aromatic N) is 2. The third kappa shape index (κ3) is 6.81. The molecule has 1 atom stereocenters. The highest BCUT2D eigenvalue weighted by molar-refractivity contribution is 6.21. The Morgan fingerprint density at radius 2 is 1.48 bits per heavy atom. The lowest BCUT2D eigenvalue weighted by atomic mass is 10.0. The molecule has 0 saturated carbocycles. The molecule has 0 saturated heterocycles. The van der Waals surface area contributed by atoms with Crippen molar-refractivity contribution in [2.45, 2.75) is 45.7 Å². The van der Waals surface area contributed by atoms with Crippen molar-refractivity contribution >= 4 is 23.6 Å². The number of carbonyl (C=O) groups excluding carboxylic acids is 4. The molecule has 4 rings (SSSR count). The summed E-state index contributed by atoms with van der Waals surface area (Å²) >= 11 is 0. The van der Waals surface area contributed by atoms with Crippen LogP contribution in [0.4, 0.5) is 4.39 Å². The van der Waals surface area contributed by atoms with E-state index in [9.17, 15) is 23.6 Å². The third-order valence-electron chi connectivity index (χ3n) is 6.90. The molecule has 208 valence electrons. The van der Waals surface area contributed by atoms with Gasteiger partial charge in [-0.1, -0.05) is 74.5 Å². The normalized spacial score (nSPS) is 13.3. The molecule has 7 nitrogen and oxygen atoms in total. The highest BCUT2D eigenvalue weighted by Crippen LogP contribution is 2.23. The number of amides is 4. The van der Waals surface area contributed by atoms with Crippen molar-refractivity contribution in [2.75, 3.05) is 13.1 Å². The maximum atomic E-state index is 14.7. The molecule has 0 aromatic heterocycles. The number of halogens is 1. The van der Waals surface area contributed by atoms with Gasteiger partial charge in [-0.15, -0.1) is 0 Å². The van der Waals surface area contributed by atoms with Crippen LogP contribution in [0.1, 0.15) is 58.5 Å². The third-order valence-corrected chi connectivity index (χ3v) is 6.90. The molecular weight excluding hydrogens is 509 g/mol. The Kier molecular flexibility index (Phi) is 9.43. The van der Waals surface area contributed by atoms with E-state index in [1.165, 1.54) is 11.0 Å². The average Bonchev–Trinajstić information content (AvgIpc) is 3.20.